The van der Waals surface area contributed by atoms with E-state index in [0.717, 1.165) is 38.5 Å². The van der Waals surface area contributed by atoms with Crippen LogP contribution in [0.25, 0.3) is 0 Å². The van der Waals surface area contributed by atoms with E-state index in [1.807, 2.05) is 0 Å². The minimum Gasteiger partial charge on any atom is -0.287 e. The average Bonchev–Trinajstić information content (AvgIpc) is 2.53. The molecule has 0 aromatic carbocycles. The molecule has 1 saturated carbocycles. The van der Waals surface area contributed by atoms with E-state index in [1.165, 1.54) is 36.0 Å². The minimum atomic E-state index is 0.0918. The predicted octanol–water partition coefficient (Wildman–Crippen LogP) is 7.06. The van der Waals surface area contributed by atoms with E-state index in [9.17, 15) is 4.79 Å². The zero-order chi connectivity index (χ0) is 17.9. The summed E-state index contributed by atoms with van der Waals surface area (Å²) in [6.45, 7) is 8.81. The maximum absolute atomic E-state index is 11.4. The molecule has 1 aliphatic carbocycles. The molecule has 0 N–H and O–H groups in total. The van der Waals surface area contributed by atoms with Crippen molar-refractivity contribution in [1.29, 1.82) is 0 Å². The highest BCUT2D eigenvalue weighted by molar-refractivity contribution is 7.96. The summed E-state index contributed by atoms with van der Waals surface area (Å²) in [6.07, 6.45) is 17.4. The summed E-state index contributed by atoms with van der Waals surface area (Å²) >= 11 is 4.03. The van der Waals surface area contributed by atoms with Gasteiger partial charge in [-0.2, -0.15) is 0 Å². The van der Waals surface area contributed by atoms with Gasteiger partial charge in [-0.1, -0.05) is 47.8 Å². The van der Waals surface area contributed by atoms with E-state index in [1.54, 1.807) is 0 Å². The molecule has 1 nitrogen and oxygen atoms in total. The lowest BCUT2D eigenvalue weighted by atomic mass is 9.80. The van der Waals surface area contributed by atoms with Gasteiger partial charge in [0.15, 0.2) is 5.12 Å². The van der Waals surface area contributed by atoms with Gasteiger partial charge in [0.2, 0.25) is 0 Å². The van der Waals surface area contributed by atoms with Crippen molar-refractivity contribution in [2.45, 2.75) is 85.5 Å². The monoisotopic (exact) mass is 348 g/mol. The molecule has 24 heavy (non-hydrogen) atoms. The Bertz CT molecular complexity index is 480. The van der Waals surface area contributed by atoms with Gasteiger partial charge in [-0.05, 0) is 78.6 Å². The second-order valence-electron chi connectivity index (χ2n) is 7.76. The number of carbonyl (C=O) groups excluding carboxylic acids is 1. The van der Waals surface area contributed by atoms with Crippen LogP contribution in [-0.4, -0.2) is 5.12 Å². The third-order valence-corrected chi connectivity index (χ3v) is 5.42. The molecule has 0 saturated heterocycles. The summed E-state index contributed by atoms with van der Waals surface area (Å²) in [4.78, 5) is 11.4. The summed E-state index contributed by atoms with van der Waals surface area (Å²) in [6, 6.07) is 0. The van der Waals surface area contributed by atoms with Crippen LogP contribution in [0.4, 0.5) is 0 Å². The van der Waals surface area contributed by atoms with Crippen molar-refractivity contribution >= 4 is 17.7 Å². The molecular weight excluding hydrogens is 312 g/mol. The highest BCUT2D eigenvalue weighted by atomic mass is 32.1. The van der Waals surface area contributed by atoms with E-state index in [4.69, 9.17) is 0 Å². The largest absolute Gasteiger partial charge is 0.287 e. The maximum Gasteiger partial charge on any atom is 0.189 e. The van der Waals surface area contributed by atoms with Crippen molar-refractivity contribution in [2.75, 3.05) is 0 Å². The fourth-order valence-electron chi connectivity index (χ4n) is 3.44. The number of hydrogen-bond donors (Lipinski definition) is 1. The first-order valence-electron chi connectivity index (χ1n) is 9.56. The molecule has 1 fully saturated rings. The molecule has 2 heteroatoms. The number of hydrogen-bond acceptors (Lipinski definition) is 1. The quantitative estimate of drug-likeness (QED) is 0.348. The van der Waals surface area contributed by atoms with Crippen LogP contribution in [0.1, 0.15) is 85.5 Å². The fraction of sp³-hybridized carbons (Fsp3) is 0.682. The highest BCUT2D eigenvalue weighted by Crippen LogP contribution is 2.33. The Morgan fingerprint density at radius 1 is 0.958 bits per heavy atom. The first-order valence-corrected chi connectivity index (χ1v) is 10.0. The SMILES string of the molecule is CC(C)=CCCC(C)=CCCC(C)=CCC1CCCC(C(=O)S)C1. The highest BCUT2D eigenvalue weighted by Gasteiger charge is 2.24. The van der Waals surface area contributed by atoms with Gasteiger partial charge in [-0.3, -0.25) is 4.79 Å². The summed E-state index contributed by atoms with van der Waals surface area (Å²) in [5.41, 5.74) is 4.40. The van der Waals surface area contributed by atoms with Crippen molar-refractivity contribution < 1.29 is 4.79 Å². The molecular formula is C22H36OS. The minimum absolute atomic E-state index is 0.0918. The molecule has 1 aliphatic rings. The van der Waals surface area contributed by atoms with Crippen molar-refractivity contribution in [3.63, 3.8) is 0 Å². The molecule has 0 aromatic heterocycles. The summed E-state index contributed by atoms with van der Waals surface area (Å²) in [5, 5.41) is 0.0918. The smallest absolute Gasteiger partial charge is 0.189 e. The molecule has 0 radical (unpaired) electrons. The lowest BCUT2D eigenvalue weighted by Crippen LogP contribution is -2.19. The second kappa shape index (κ2) is 11.7. The predicted molar refractivity (Wildman–Crippen MR) is 109 cm³/mol. The Morgan fingerprint density at radius 2 is 1.58 bits per heavy atom. The molecule has 1 rings (SSSR count). The standard InChI is InChI=1S/C22H36OS/c1-17(2)8-5-9-18(3)10-6-11-19(4)14-15-20-12-7-13-21(16-20)22(23)24/h8,10,14,20-21H,5-7,9,11-13,15-16H2,1-4H3,(H,23,24). The average molecular weight is 349 g/mol. The first-order chi connectivity index (χ1) is 11.4. The van der Waals surface area contributed by atoms with Gasteiger partial charge in [-0.25, -0.2) is 0 Å². The molecule has 0 heterocycles. The van der Waals surface area contributed by atoms with Gasteiger partial charge in [0, 0.05) is 5.92 Å². The Hall–Kier alpha value is -0.760. The van der Waals surface area contributed by atoms with Gasteiger partial charge in [-0.15, -0.1) is 12.6 Å². The molecule has 0 aliphatic heterocycles. The Balaban J connectivity index is 2.29. The second-order valence-corrected chi connectivity index (χ2v) is 8.20. The Labute approximate surface area is 155 Å². The van der Waals surface area contributed by atoms with E-state index in [0.29, 0.717) is 5.92 Å². The Morgan fingerprint density at radius 3 is 2.21 bits per heavy atom. The van der Waals surface area contributed by atoms with Crippen LogP contribution in [0.5, 0.6) is 0 Å². The lowest BCUT2D eigenvalue weighted by Gasteiger charge is -2.26. The zero-order valence-electron chi connectivity index (χ0n) is 16.1. The summed E-state index contributed by atoms with van der Waals surface area (Å²) in [5.74, 6) is 0.878. The summed E-state index contributed by atoms with van der Waals surface area (Å²) < 4.78 is 0. The van der Waals surface area contributed by atoms with Gasteiger partial charge in [0.25, 0.3) is 0 Å². The first kappa shape index (κ1) is 21.3. The molecule has 2 atom stereocenters. The zero-order valence-corrected chi connectivity index (χ0v) is 17.0. The molecule has 2 unspecified atom stereocenters. The molecule has 136 valence electrons. The van der Waals surface area contributed by atoms with E-state index >= 15 is 0 Å². The van der Waals surface area contributed by atoms with Crippen molar-refractivity contribution in [3.8, 4) is 0 Å². The number of rotatable bonds is 9. The third kappa shape index (κ3) is 9.52. The van der Waals surface area contributed by atoms with E-state index in [-0.39, 0.29) is 11.0 Å². The molecule has 0 spiro atoms. The van der Waals surface area contributed by atoms with Crippen molar-refractivity contribution in [1.82, 2.24) is 0 Å². The van der Waals surface area contributed by atoms with Crippen molar-refractivity contribution in [2.24, 2.45) is 11.8 Å². The van der Waals surface area contributed by atoms with Crippen LogP contribution in [0.3, 0.4) is 0 Å². The number of allylic oxidation sites excluding steroid dienone is 6. The lowest BCUT2D eigenvalue weighted by molar-refractivity contribution is -0.115. The molecule has 0 amide bonds. The van der Waals surface area contributed by atoms with Gasteiger partial charge in [0.05, 0.1) is 0 Å². The third-order valence-electron chi connectivity index (χ3n) is 5.05. The Kier molecular flexibility index (Phi) is 10.4. The van der Waals surface area contributed by atoms with Gasteiger partial charge in [0.1, 0.15) is 0 Å². The van der Waals surface area contributed by atoms with E-state index in [2.05, 4.69) is 58.6 Å². The van der Waals surface area contributed by atoms with E-state index < -0.39 is 0 Å². The van der Waals surface area contributed by atoms with Gasteiger partial charge < -0.3 is 0 Å². The molecule has 0 aromatic rings. The van der Waals surface area contributed by atoms with Crippen LogP contribution >= 0.6 is 12.6 Å². The fourth-order valence-corrected chi connectivity index (χ4v) is 3.67. The van der Waals surface area contributed by atoms with Crippen LogP contribution in [0.2, 0.25) is 0 Å². The van der Waals surface area contributed by atoms with Crippen molar-refractivity contribution in [3.05, 3.63) is 34.9 Å². The number of thiol groups is 1. The topological polar surface area (TPSA) is 17.1 Å². The van der Waals surface area contributed by atoms with Crippen LogP contribution in [0.15, 0.2) is 34.9 Å². The maximum atomic E-state index is 11.4. The van der Waals surface area contributed by atoms with Gasteiger partial charge >= 0.3 is 0 Å². The number of carbonyl (C=O) groups is 1. The normalized spacial score (nSPS) is 22.4. The van der Waals surface area contributed by atoms with Crippen LogP contribution in [0, 0.1) is 11.8 Å². The van der Waals surface area contributed by atoms with Crippen LogP contribution < -0.4 is 0 Å². The van der Waals surface area contributed by atoms with Crippen LogP contribution in [-0.2, 0) is 4.79 Å². The summed E-state index contributed by atoms with van der Waals surface area (Å²) in [7, 11) is 0. The molecule has 0 bridgehead atoms.